The van der Waals surface area contributed by atoms with Gasteiger partial charge in [0.1, 0.15) is 0 Å². The van der Waals surface area contributed by atoms with Gasteiger partial charge in [-0.2, -0.15) is 0 Å². The van der Waals surface area contributed by atoms with E-state index in [1.807, 2.05) is 13.8 Å². The van der Waals surface area contributed by atoms with Crippen LogP contribution in [0.15, 0.2) is 0 Å². The first-order valence-electron chi connectivity index (χ1n) is 4.95. The first-order chi connectivity index (χ1) is 5.59. The second kappa shape index (κ2) is 3.97. The fourth-order valence-corrected chi connectivity index (χ4v) is 1.12. The van der Waals surface area contributed by atoms with Crippen molar-refractivity contribution >= 4 is 0 Å². The predicted octanol–water partition coefficient (Wildman–Crippen LogP) is 2.19. The lowest BCUT2D eigenvalue weighted by molar-refractivity contribution is -0.0494. The maximum absolute atomic E-state index is 9.92. The lowest BCUT2D eigenvalue weighted by atomic mass is 9.65. The van der Waals surface area contributed by atoms with Crippen LogP contribution in [0, 0.1) is 10.8 Å². The van der Waals surface area contributed by atoms with E-state index in [1.54, 1.807) is 6.92 Å². The number of rotatable bonds is 3. The SMILES string of the molecule is CC(O)CC(O)C(C)(C)C(C)(C)C. The van der Waals surface area contributed by atoms with Crippen molar-refractivity contribution in [3.63, 3.8) is 0 Å². The zero-order chi connectivity index (χ0) is 10.9. The van der Waals surface area contributed by atoms with Gasteiger partial charge < -0.3 is 10.2 Å². The second-order valence-electron chi connectivity index (χ2n) is 5.57. The van der Waals surface area contributed by atoms with Crippen LogP contribution in [-0.4, -0.2) is 22.4 Å². The van der Waals surface area contributed by atoms with Crippen molar-refractivity contribution in [2.24, 2.45) is 10.8 Å². The molecule has 0 spiro atoms. The van der Waals surface area contributed by atoms with Gasteiger partial charge in [0.2, 0.25) is 0 Å². The highest BCUT2D eigenvalue weighted by molar-refractivity contribution is 4.89. The van der Waals surface area contributed by atoms with Crippen LogP contribution in [0.2, 0.25) is 0 Å². The van der Waals surface area contributed by atoms with Crippen molar-refractivity contribution in [3.05, 3.63) is 0 Å². The molecule has 0 bridgehead atoms. The maximum Gasteiger partial charge on any atom is 0.0620 e. The molecular weight excluding hydrogens is 164 g/mol. The smallest absolute Gasteiger partial charge is 0.0620 e. The second-order valence-corrected chi connectivity index (χ2v) is 5.57. The third-order valence-electron chi connectivity index (χ3n) is 3.33. The molecule has 0 heterocycles. The van der Waals surface area contributed by atoms with Gasteiger partial charge in [0.15, 0.2) is 0 Å². The molecule has 0 aromatic rings. The molecule has 0 rings (SSSR count). The van der Waals surface area contributed by atoms with E-state index in [4.69, 9.17) is 0 Å². The van der Waals surface area contributed by atoms with Crippen molar-refractivity contribution in [2.45, 2.75) is 60.2 Å². The summed E-state index contributed by atoms with van der Waals surface area (Å²) in [6.07, 6.45) is -0.436. The average molecular weight is 188 g/mol. The van der Waals surface area contributed by atoms with Gasteiger partial charge in [-0.1, -0.05) is 34.6 Å². The molecule has 0 radical (unpaired) electrons. The van der Waals surface area contributed by atoms with Crippen LogP contribution in [0.4, 0.5) is 0 Å². The largest absolute Gasteiger partial charge is 0.393 e. The van der Waals surface area contributed by atoms with Crippen molar-refractivity contribution in [3.8, 4) is 0 Å². The Kier molecular flexibility index (Phi) is 3.95. The van der Waals surface area contributed by atoms with E-state index in [0.29, 0.717) is 6.42 Å². The Bertz CT molecular complexity index is 154. The van der Waals surface area contributed by atoms with Crippen LogP contribution >= 0.6 is 0 Å². The quantitative estimate of drug-likeness (QED) is 0.712. The van der Waals surface area contributed by atoms with E-state index in [1.165, 1.54) is 0 Å². The monoisotopic (exact) mass is 188 g/mol. The molecule has 0 amide bonds. The molecule has 0 aliphatic carbocycles. The predicted molar refractivity (Wildman–Crippen MR) is 55.5 cm³/mol. The summed E-state index contributed by atoms with van der Waals surface area (Å²) in [6, 6.07) is 0. The molecule has 0 saturated carbocycles. The number of hydrogen-bond donors (Lipinski definition) is 2. The zero-order valence-electron chi connectivity index (χ0n) is 9.76. The Morgan fingerprint density at radius 1 is 1.00 bits per heavy atom. The fourth-order valence-electron chi connectivity index (χ4n) is 1.12. The van der Waals surface area contributed by atoms with E-state index in [0.717, 1.165) is 0 Å². The highest BCUT2D eigenvalue weighted by atomic mass is 16.3. The van der Waals surface area contributed by atoms with Crippen LogP contribution in [0.25, 0.3) is 0 Å². The number of aliphatic hydroxyl groups excluding tert-OH is 2. The van der Waals surface area contributed by atoms with Crippen LogP contribution in [-0.2, 0) is 0 Å². The first-order valence-corrected chi connectivity index (χ1v) is 4.95. The maximum atomic E-state index is 9.92. The van der Waals surface area contributed by atoms with Crippen molar-refractivity contribution < 1.29 is 10.2 Å². The summed E-state index contributed by atoms with van der Waals surface area (Å²) in [6.45, 7) is 12.1. The van der Waals surface area contributed by atoms with Crippen LogP contribution in [0.1, 0.15) is 48.0 Å². The van der Waals surface area contributed by atoms with E-state index < -0.39 is 12.2 Å². The summed E-state index contributed by atoms with van der Waals surface area (Å²) < 4.78 is 0. The summed E-state index contributed by atoms with van der Waals surface area (Å²) in [5.41, 5.74) is -0.134. The molecular formula is C11H24O2. The summed E-state index contributed by atoms with van der Waals surface area (Å²) in [5, 5.41) is 19.1. The molecule has 0 aliphatic heterocycles. The molecule has 2 nitrogen and oxygen atoms in total. The van der Waals surface area contributed by atoms with Gasteiger partial charge in [0.25, 0.3) is 0 Å². The average Bonchev–Trinajstić information content (AvgIpc) is 1.82. The van der Waals surface area contributed by atoms with Gasteiger partial charge in [-0.15, -0.1) is 0 Å². The molecule has 0 fully saturated rings. The number of aliphatic hydroxyl groups is 2. The molecule has 80 valence electrons. The minimum Gasteiger partial charge on any atom is -0.393 e. The van der Waals surface area contributed by atoms with Crippen LogP contribution in [0.5, 0.6) is 0 Å². The Balaban J connectivity index is 4.45. The van der Waals surface area contributed by atoms with E-state index in [-0.39, 0.29) is 10.8 Å². The molecule has 0 saturated heterocycles. The van der Waals surface area contributed by atoms with E-state index in [9.17, 15) is 10.2 Å². The van der Waals surface area contributed by atoms with Crippen molar-refractivity contribution in [1.82, 2.24) is 0 Å². The minimum absolute atomic E-state index is 0.0430. The Hall–Kier alpha value is -0.0800. The topological polar surface area (TPSA) is 40.5 Å². The molecule has 2 atom stereocenters. The first kappa shape index (κ1) is 12.9. The minimum atomic E-state index is -0.451. The Morgan fingerprint density at radius 2 is 1.38 bits per heavy atom. The van der Waals surface area contributed by atoms with Gasteiger partial charge in [0.05, 0.1) is 12.2 Å². The van der Waals surface area contributed by atoms with E-state index >= 15 is 0 Å². The normalized spacial score (nSPS) is 18.5. The van der Waals surface area contributed by atoms with Gasteiger partial charge >= 0.3 is 0 Å². The third kappa shape index (κ3) is 3.28. The van der Waals surface area contributed by atoms with Gasteiger partial charge in [-0.3, -0.25) is 0 Å². The Labute approximate surface area is 82.0 Å². The fraction of sp³-hybridized carbons (Fsp3) is 1.00. The number of hydrogen-bond acceptors (Lipinski definition) is 2. The summed E-state index contributed by atoms with van der Waals surface area (Å²) in [7, 11) is 0. The Morgan fingerprint density at radius 3 is 1.62 bits per heavy atom. The molecule has 2 N–H and O–H groups in total. The standard InChI is InChI=1S/C11H24O2/c1-8(12)7-9(13)11(5,6)10(2,3)4/h8-9,12-13H,7H2,1-6H3. The molecule has 0 aliphatic rings. The zero-order valence-corrected chi connectivity index (χ0v) is 9.76. The lowest BCUT2D eigenvalue weighted by Gasteiger charge is -2.43. The van der Waals surface area contributed by atoms with Crippen molar-refractivity contribution in [2.75, 3.05) is 0 Å². The lowest BCUT2D eigenvalue weighted by Crippen LogP contribution is -2.42. The summed E-state index contributed by atoms with van der Waals surface area (Å²) >= 11 is 0. The summed E-state index contributed by atoms with van der Waals surface area (Å²) in [4.78, 5) is 0. The molecule has 13 heavy (non-hydrogen) atoms. The van der Waals surface area contributed by atoms with Crippen LogP contribution in [0.3, 0.4) is 0 Å². The van der Waals surface area contributed by atoms with Gasteiger partial charge in [0, 0.05) is 0 Å². The molecule has 0 aromatic heterocycles. The van der Waals surface area contributed by atoms with Gasteiger partial charge in [-0.25, -0.2) is 0 Å². The van der Waals surface area contributed by atoms with Crippen LogP contribution < -0.4 is 0 Å². The highest BCUT2D eigenvalue weighted by Gasteiger charge is 2.39. The van der Waals surface area contributed by atoms with Crippen molar-refractivity contribution in [1.29, 1.82) is 0 Å². The third-order valence-corrected chi connectivity index (χ3v) is 3.33. The molecule has 2 unspecified atom stereocenters. The van der Waals surface area contributed by atoms with Gasteiger partial charge in [-0.05, 0) is 24.2 Å². The molecule has 0 aromatic carbocycles. The van der Waals surface area contributed by atoms with E-state index in [2.05, 4.69) is 20.8 Å². The highest BCUT2D eigenvalue weighted by Crippen LogP contribution is 2.41. The molecule has 2 heteroatoms. The summed E-state index contributed by atoms with van der Waals surface area (Å²) in [5.74, 6) is 0.